The van der Waals surface area contributed by atoms with E-state index >= 15 is 0 Å². The molecule has 0 saturated carbocycles. The van der Waals surface area contributed by atoms with Gasteiger partial charge in [-0.15, -0.1) is 11.3 Å². The number of halogens is 1. The van der Waals surface area contributed by atoms with Gasteiger partial charge in [0.1, 0.15) is 11.5 Å². The summed E-state index contributed by atoms with van der Waals surface area (Å²) >= 11 is 7.33. The molecule has 2 aromatic rings. The Balaban J connectivity index is 2.41. The Morgan fingerprint density at radius 3 is 2.86 bits per heavy atom. The van der Waals surface area contributed by atoms with Crippen LogP contribution in [-0.2, 0) is 0 Å². The largest absolute Gasteiger partial charge is 0.372 e. The Morgan fingerprint density at radius 2 is 2.21 bits per heavy atom. The number of aromatic nitrogens is 2. The number of thiophene rings is 1. The van der Waals surface area contributed by atoms with Crippen LogP contribution in [0, 0.1) is 0 Å². The molecule has 3 nitrogen and oxygen atoms in total. The lowest BCUT2D eigenvalue weighted by atomic mass is 10.3. The van der Waals surface area contributed by atoms with Crippen molar-refractivity contribution in [3.8, 4) is 10.6 Å². The molecule has 72 valence electrons. The van der Waals surface area contributed by atoms with Crippen LogP contribution in [0.25, 0.3) is 10.6 Å². The van der Waals surface area contributed by atoms with Crippen LogP contribution in [0.15, 0.2) is 24.5 Å². The summed E-state index contributed by atoms with van der Waals surface area (Å²) in [6.45, 7) is 0. The average molecular weight is 226 g/mol. The molecule has 14 heavy (non-hydrogen) atoms. The quantitative estimate of drug-likeness (QED) is 0.854. The van der Waals surface area contributed by atoms with Gasteiger partial charge in [-0.1, -0.05) is 11.6 Å². The first-order valence-electron chi connectivity index (χ1n) is 4.05. The fourth-order valence-electron chi connectivity index (χ4n) is 1.06. The van der Waals surface area contributed by atoms with Crippen LogP contribution in [-0.4, -0.2) is 17.0 Å². The summed E-state index contributed by atoms with van der Waals surface area (Å²) in [6.07, 6.45) is 3.40. The van der Waals surface area contributed by atoms with E-state index in [2.05, 4.69) is 15.3 Å². The van der Waals surface area contributed by atoms with E-state index in [4.69, 9.17) is 11.6 Å². The van der Waals surface area contributed by atoms with Crippen LogP contribution >= 0.6 is 22.9 Å². The summed E-state index contributed by atoms with van der Waals surface area (Å²) in [5.41, 5.74) is 0.841. The van der Waals surface area contributed by atoms with Gasteiger partial charge in [-0.05, 0) is 12.1 Å². The highest BCUT2D eigenvalue weighted by atomic mass is 35.5. The maximum absolute atomic E-state index is 5.84. The number of nitrogens with one attached hydrogen (secondary N) is 1. The van der Waals surface area contributed by atoms with Crippen molar-refractivity contribution in [2.45, 2.75) is 0 Å². The number of hydrogen-bond donors (Lipinski definition) is 1. The van der Waals surface area contributed by atoms with Crippen LogP contribution < -0.4 is 5.32 Å². The van der Waals surface area contributed by atoms with E-state index in [0.29, 0.717) is 0 Å². The first-order chi connectivity index (χ1) is 6.79. The molecule has 0 saturated heterocycles. The molecule has 0 amide bonds. The van der Waals surface area contributed by atoms with Gasteiger partial charge in [0.25, 0.3) is 0 Å². The molecule has 2 rings (SSSR count). The maximum atomic E-state index is 5.84. The first-order valence-corrected chi connectivity index (χ1v) is 5.24. The van der Waals surface area contributed by atoms with Crippen molar-refractivity contribution >= 4 is 28.8 Å². The fourth-order valence-corrected chi connectivity index (χ4v) is 2.05. The molecule has 0 bridgehead atoms. The van der Waals surface area contributed by atoms with Gasteiger partial charge in [0.05, 0.1) is 21.6 Å². The second-order valence-electron chi connectivity index (χ2n) is 2.64. The Morgan fingerprint density at radius 1 is 1.36 bits per heavy atom. The van der Waals surface area contributed by atoms with Gasteiger partial charge in [0, 0.05) is 7.05 Å². The molecule has 1 N–H and O–H groups in total. The van der Waals surface area contributed by atoms with Crippen LogP contribution in [0.4, 0.5) is 5.82 Å². The zero-order valence-corrected chi connectivity index (χ0v) is 9.06. The molecule has 2 heterocycles. The van der Waals surface area contributed by atoms with E-state index < -0.39 is 0 Å². The van der Waals surface area contributed by atoms with Gasteiger partial charge >= 0.3 is 0 Å². The Labute approximate surface area is 90.8 Å². The van der Waals surface area contributed by atoms with E-state index in [0.717, 1.165) is 20.7 Å². The SMILES string of the molecule is CNc1cncc(-c2ccc(Cl)s2)n1. The molecule has 0 spiro atoms. The van der Waals surface area contributed by atoms with E-state index in [9.17, 15) is 0 Å². The molecule has 0 radical (unpaired) electrons. The lowest BCUT2D eigenvalue weighted by Crippen LogP contribution is -1.93. The number of nitrogens with zero attached hydrogens (tertiary/aromatic N) is 2. The third kappa shape index (κ3) is 1.86. The number of anilines is 1. The molecule has 2 aromatic heterocycles. The maximum Gasteiger partial charge on any atom is 0.145 e. The van der Waals surface area contributed by atoms with Gasteiger partial charge in [-0.3, -0.25) is 4.98 Å². The Bertz CT molecular complexity index is 441. The molecule has 0 unspecified atom stereocenters. The molecule has 0 aliphatic rings. The van der Waals surface area contributed by atoms with Crippen molar-refractivity contribution in [3.63, 3.8) is 0 Å². The van der Waals surface area contributed by atoms with E-state index in [1.807, 2.05) is 19.2 Å². The van der Waals surface area contributed by atoms with Crippen molar-refractivity contribution in [1.82, 2.24) is 9.97 Å². The molecule has 0 aliphatic heterocycles. The highest BCUT2D eigenvalue weighted by molar-refractivity contribution is 7.19. The first kappa shape index (κ1) is 9.43. The third-order valence-corrected chi connectivity index (χ3v) is 2.97. The Hall–Kier alpha value is -1.13. The lowest BCUT2D eigenvalue weighted by Gasteiger charge is -1.99. The molecular formula is C9H8ClN3S. The summed E-state index contributed by atoms with van der Waals surface area (Å²) in [7, 11) is 1.81. The van der Waals surface area contributed by atoms with Crippen molar-refractivity contribution in [2.75, 3.05) is 12.4 Å². The van der Waals surface area contributed by atoms with E-state index in [1.54, 1.807) is 12.4 Å². The second-order valence-corrected chi connectivity index (χ2v) is 4.36. The minimum Gasteiger partial charge on any atom is -0.372 e. The van der Waals surface area contributed by atoms with E-state index in [-0.39, 0.29) is 0 Å². The number of hydrogen-bond acceptors (Lipinski definition) is 4. The van der Waals surface area contributed by atoms with Crippen LogP contribution in [0.2, 0.25) is 4.34 Å². The summed E-state index contributed by atoms with van der Waals surface area (Å²) in [6, 6.07) is 3.80. The highest BCUT2D eigenvalue weighted by Crippen LogP contribution is 2.29. The highest BCUT2D eigenvalue weighted by Gasteiger charge is 2.03. The average Bonchev–Trinajstić information content (AvgIpc) is 2.65. The van der Waals surface area contributed by atoms with Gasteiger partial charge in [-0.2, -0.15) is 0 Å². The molecular weight excluding hydrogens is 218 g/mol. The van der Waals surface area contributed by atoms with Crippen molar-refractivity contribution in [1.29, 1.82) is 0 Å². The molecule has 5 heteroatoms. The fraction of sp³-hybridized carbons (Fsp3) is 0.111. The topological polar surface area (TPSA) is 37.8 Å². The van der Waals surface area contributed by atoms with Crippen molar-refractivity contribution in [3.05, 3.63) is 28.9 Å². The number of rotatable bonds is 2. The van der Waals surface area contributed by atoms with Crippen LogP contribution in [0.1, 0.15) is 0 Å². The predicted molar refractivity (Wildman–Crippen MR) is 59.9 cm³/mol. The smallest absolute Gasteiger partial charge is 0.145 e. The van der Waals surface area contributed by atoms with Gasteiger partial charge in [0.2, 0.25) is 0 Å². The summed E-state index contributed by atoms with van der Waals surface area (Å²) < 4.78 is 0.761. The van der Waals surface area contributed by atoms with Gasteiger partial charge < -0.3 is 5.32 Å². The standard InChI is InChI=1S/C9H8ClN3S/c1-11-9-5-12-4-6(13-9)7-2-3-8(10)14-7/h2-5H,1H3,(H,11,13). The monoisotopic (exact) mass is 225 g/mol. The van der Waals surface area contributed by atoms with Gasteiger partial charge in [0.15, 0.2) is 0 Å². The minimum absolute atomic E-state index is 0.757. The summed E-state index contributed by atoms with van der Waals surface area (Å²) in [5.74, 6) is 0.757. The van der Waals surface area contributed by atoms with Gasteiger partial charge in [-0.25, -0.2) is 4.98 Å². The lowest BCUT2D eigenvalue weighted by molar-refractivity contribution is 1.20. The zero-order valence-electron chi connectivity index (χ0n) is 7.49. The van der Waals surface area contributed by atoms with Crippen LogP contribution in [0.5, 0.6) is 0 Å². The zero-order chi connectivity index (χ0) is 9.97. The Kier molecular flexibility index (Phi) is 2.65. The molecule has 0 atom stereocenters. The molecule has 0 aliphatic carbocycles. The second kappa shape index (κ2) is 3.94. The van der Waals surface area contributed by atoms with Crippen molar-refractivity contribution in [2.24, 2.45) is 0 Å². The molecule has 0 fully saturated rings. The predicted octanol–water partition coefficient (Wildman–Crippen LogP) is 2.90. The molecule has 0 aromatic carbocycles. The van der Waals surface area contributed by atoms with Crippen LogP contribution in [0.3, 0.4) is 0 Å². The van der Waals surface area contributed by atoms with E-state index in [1.165, 1.54) is 11.3 Å². The minimum atomic E-state index is 0.757. The summed E-state index contributed by atoms with van der Waals surface area (Å²) in [4.78, 5) is 9.46. The normalized spacial score (nSPS) is 10.1. The summed E-state index contributed by atoms with van der Waals surface area (Å²) in [5, 5.41) is 2.94. The third-order valence-electron chi connectivity index (χ3n) is 1.72. The van der Waals surface area contributed by atoms with Crippen molar-refractivity contribution < 1.29 is 0 Å².